The van der Waals surface area contributed by atoms with E-state index >= 15 is 0 Å². The third-order valence-electron chi connectivity index (χ3n) is 3.15. The van der Waals surface area contributed by atoms with E-state index in [9.17, 15) is 13.0 Å². The van der Waals surface area contributed by atoms with E-state index in [1.165, 1.54) is 44.9 Å². The topological polar surface area (TPSA) is 66.4 Å². The largest absolute Gasteiger partial charge is 1.00 e. The second-order valence-corrected chi connectivity index (χ2v) is 6.65. The van der Waals surface area contributed by atoms with Gasteiger partial charge in [0.05, 0.1) is 6.61 Å². The first-order valence-corrected chi connectivity index (χ1v) is 8.85. The van der Waals surface area contributed by atoms with E-state index in [0.717, 1.165) is 18.8 Å². The van der Waals surface area contributed by atoms with Crippen molar-refractivity contribution < 1.29 is 46.7 Å². The molecule has 0 bridgehead atoms. The van der Waals surface area contributed by atoms with E-state index < -0.39 is 10.4 Å². The number of rotatable bonds is 13. The van der Waals surface area contributed by atoms with Crippen molar-refractivity contribution in [2.24, 2.45) is 5.92 Å². The smallest absolute Gasteiger partial charge is 0.726 e. The molecule has 0 radical (unpaired) electrons. The summed E-state index contributed by atoms with van der Waals surface area (Å²) in [5, 5.41) is 0. The molecular formula is C14H29NaO4S. The number of unbranched alkanes of at least 4 members (excludes halogenated alkanes) is 8. The van der Waals surface area contributed by atoms with Gasteiger partial charge < -0.3 is 4.55 Å². The molecule has 0 aromatic heterocycles. The third kappa shape index (κ3) is 21.2. The predicted molar refractivity (Wildman–Crippen MR) is 76.7 cm³/mol. The fourth-order valence-electron chi connectivity index (χ4n) is 2.05. The Hall–Kier alpha value is 0.870. The minimum Gasteiger partial charge on any atom is -0.726 e. The standard InChI is InChI=1S/C14H30O4S.Na/c1-14(2)12-10-8-6-4-3-5-7-9-11-13-18-19(15,16)17;/h14H,3-13H2,1-2H3,(H,15,16,17);/q;+1/p-1. The average molecular weight is 316 g/mol. The van der Waals surface area contributed by atoms with E-state index in [0.29, 0.717) is 6.42 Å². The predicted octanol–water partition coefficient (Wildman–Crippen LogP) is 1.02. The summed E-state index contributed by atoms with van der Waals surface area (Å²) < 4.78 is 34.6. The van der Waals surface area contributed by atoms with E-state index in [2.05, 4.69) is 18.0 Å². The van der Waals surface area contributed by atoms with Crippen molar-refractivity contribution in [1.82, 2.24) is 0 Å². The minimum atomic E-state index is -4.49. The van der Waals surface area contributed by atoms with Gasteiger partial charge in [0.25, 0.3) is 0 Å². The molecule has 0 saturated heterocycles. The average Bonchev–Trinajstić information content (AvgIpc) is 2.28. The molecule has 0 aliphatic carbocycles. The van der Waals surface area contributed by atoms with Crippen molar-refractivity contribution >= 4 is 10.4 Å². The summed E-state index contributed by atoms with van der Waals surface area (Å²) >= 11 is 0. The summed E-state index contributed by atoms with van der Waals surface area (Å²) in [5.74, 6) is 0.820. The zero-order valence-electron chi connectivity index (χ0n) is 13.4. The molecule has 0 aliphatic heterocycles. The van der Waals surface area contributed by atoms with Crippen molar-refractivity contribution in [3.8, 4) is 0 Å². The first-order chi connectivity index (χ1) is 8.92. The molecule has 0 saturated carbocycles. The molecular weight excluding hydrogens is 287 g/mol. The molecule has 0 amide bonds. The molecule has 0 rings (SSSR count). The SMILES string of the molecule is CC(C)CCCCCCCCCCCOS(=O)(=O)[O-].[Na+]. The molecule has 0 unspecified atom stereocenters. The fraction of sp³-hybridized carbons (Fsp3) is 1.00. The molecule has 4 nitrogen and oxygen atoms in total. The van der Waals surface area contributed by atoms with Gasteiger partial charge in [0.2, 0.25) is 10.4 Å². The van der Waals surface area contributed by atoms with Gasteiger partial charge in [0.15, 0.2) is 0 Å². The van der Waals surface area contributed by atoms with Crippen LogP contribution in [-0.4, -0.2) is 19.6 Å². The van der Waals surface area contributed by atoms with Crippen LogP contribution < -0.4 is 29.6 Å². The summed E-state index contributed by atoms with van der Waals surface area (Å²) in [6.45, 7) is 4.56. The molecule has 20 heavy (non-hydrogen) atoms. The first-order valence-electron chi connectivity index (χ1n) is 7.52. The van der Waals surface area contributed by atoms with Crippen LogP contribution in [0.4, 0.5) is 0 Å². The van der Waals surface area contributed by atoms with Gasteiger partial charge >= 0.3 is 29.6 Å². The van der Waals surface area contributed by atoms with Crippen LogP contribution >= 0.6 is 0 Å². The molecule has 6 heteroatoms. The Labute approximate surface area is 147 Å². The molecule has 0 aromatic rings. The normalized spacial score (nSPS) is 11.6. The number of hydrogen-bond acceptors (Lipinski definition) is 4. The van der Waals surface area contributed by atoms with Crippen LogP contribution in [0.3, 0.4) is 0 Å². The van der Waals surface area contributed by atoms with Gasteiger partial charge in [-0.25, -0.2) is 8.42 Å². The Kier molecular flexibility index (Phi) is 17.1. The van der Waals surface area contributed by atoms with Crippen LogP contribution in [0.25, 0.3) is 0 Å². The van der Waals surface area contributed by atoms with Crippen LogP contribution in [0, 0.1) is 5.92 Å². The van der Waals surface area contributed by atoms with Gasteiger partial charge in [0.1, 0.15) is 0 Å². The Bertz CT molecular complexity index is 292. The Morgan fingerprint density at radius 3 is 1.65 bits per heavy atom. The third-order valence-corrected chi connectivity index (χ3v) is 3.61. The quantitative estimate of drug-likeness (QED) is 0.220. The van der Waals surface area contributed by atoms with Gasteiger partial charge in [-0.2, -0.15) is 0 Å². The Morgan fingerprint density at radius 1 is 0.850 bits per heavy atom. The van der Waals surface area contributed by atoms with E-state index in [1.54, 1.807) is 0 Å². The zero-order valence-corrected chi connectivity index (χ0v) is 16.2. The van der Waals surface area contributed by atoms with Crippen LogP contribution in [0.15, 0.2) is 0 Å². The van der Waals surface area contributed by atoms with Crippen LogP contribution in [0.5, 0.6) is 0 Å². The van der Waals surface area contributed by atoms with E-state index in [-0.39, 0.29) is 36.2 Å². The van der Waals surface area contributed by atoms with Crippen LogP contribution in [0.1, 0.15) is 78.1 Å². The van der Waals surface area contributed by atoms with Crippen molar-refractivity contribution in [3.63, 3.8) is 0 Å². The monoisotopic (exact) mass is 316 g/mol. The van der Waals surface area contributed by atoms with Gasteiger partial charge in [-0.15, -0.1) is 0 Å². The first kappa shape index (κ1) is 23.1. The summed E-state index contributed by atoms with van der Waals surface area (Å²) in [7, 11) is -4.49. The van der Waals surface area contributed by atoms with Crippen molar-refractivity contribution in [2.45, 2.75) is 78.1 Å². The summed E-state index contributed by atoms with van der Waals surface area (Å²) in [6, 6.07) is 0. The Morgan fingerprint density at radius 2 is 1.25 bits per heavy atom. The minimum absolute atomic E-state index is 0. The van der Waals surface area contributed by atoms with Gasteiger partial charge in [-0.05, 0) is 12.3 Å². The second kappa shape index (κ2) is 14.8. The molecule has 0 atom stereocenters. The molecule has 0 aliphatic rings. The van der Waals surface area contributed by atoms with Crippen LogP contribution in [-0.2, 0) is 14.6 Å². The number of hydrogen-bond donors (Lipinski definition) is 0. The van der Waals surface area contributed by atoms with E-state index in [4.69, 9.17) is 0 Å². The van der Waals surface area contributed by atoms with Crippen LogP contribution in [0.2, 0.25) is 0 Å². The molecule has 0 fully saturated rings. The fourth-order valence-corrected chi connectivity index (χ4v) is 2.38. The summed E-state index contributed by atoms with van der Waals surface area (Å²) in [6.07, 6.45) is 11.8. The molecule has 0 heterocycles. The second-order valence-electron chi connectivity index (χ2n) is 5.59. The van der Waals surface area contributed by atoms with Gasteiger partial charge in [-0.1, -0.05) is 71.6 Å². The van der Waals surface area contributed by atoms with Gasteiger partial charge in [0, 0.05) is 0 Å². The van der Waals surface area contributed by atoms with Crippen molar-refractivity contribution in [3.05, 3.63) is 0 Å². The Balaban J connectivity index is 0. The maximum atomic E-state index is 10.2. The summed E-state index contributed by atoms with van der Waals surface area (Å²) in [5.41, 5.74) is 0. The molecule has 116 valence electrons. The maximum Gasteiger partial charge on any atom is 1.00 e. The zero-order chi connectivity index (χ0) is 14.6. The summed E-state index contributed by atoms with van der Waals surface area (Å²) in [4.78, 5) is 0. The maximum absolute atomic E-state index is 10.2. The van der Waals surface area contributed by atoms with E-state index in [1.807, 2.05) is 0 Å². The van der Waals surface area contributed by atoms with Crippen molar-refractivity contribution in [2.75, 3.05) is 6.61 Å². The molecule has 0 aromatic carbocycles. The molecule has 0 N–H and O–H groups in total. The molecule has 0 spiro atoms. The van der Waals surface area contributed by atoms with Gasteiger partial charge in [-0.3, -0.25) is 4.18 Å². The van der Waals surface area contributed by atoms with Crippen molar-refractivity contribution in [1.29, 1.82) is 0 Å².